The predicted octanol–water partition coefficient (Wildman–Crippen LogP) is 4.29. The highest BCUT2D eigenvalue weighted by Gasteiger charge is 2.22. The van der Waals surface area contributed by atoms with E-state index in [9.17, 15) is 4.79 Å². The number of carbonyl (C=O) groups is 1. The van der Waals surface area contributed by atoms with Crippen molar-refractivity contribution in [3.05, 3.63) is 34.3 Å². The number of nitrogens with zero attached hydrogens (tertiary/aromatic N) is 1. The van der Waals surface area contributed by atoms with Crippen LogP contribution >= 0.6 is 15.9 Å². The van der Waals surface area contributed by atoms with Crippen molar-refractivity contribution in [3.8, 4) is 0 Å². The van der Waals surface area contributed by atoms with Gasteiger partial charge in [0.15, 0.2) is 5.78 Å². The molecule has 0 amide bonds. The van der Waals surface area contributed by atoms with Crippen LogP contribution in [0.1, 0.15) is 49.4 Å². The summed E-state index contributed by atoms with van der Waals surface area (Å²) in [5.41, 5.74) is 0.817. The van der Waals surface area contributed by atoms with Crippen molar-refractivity contribution in [2.75, 3.05) is 13.1 Å². The Morgan fingerprint density at radius 2 is 1.84 bits per heavy atom. The number of likely N-dealkylation sites (N-methyl/N-ethyl adjacent to an activating group) is 1. The number of carbonyl (C=O) groups excluding carboxylic acids is 1. The maximum absolute atomic E-state index is 12.3. The molecule has 0 N–H and O–H groups in total. The maximum atomic E-state index is 12.3. The molecule has 0 unspecified atom stereocenters. The molecule has 3 heteroatoms. The molecule has 104 valence electrons. The summed E-state index contributed by atoms with van der Waals surface area (Å²) in [6.45, 7) is 3.68. The number of Topliss-reactive ketones (excluding diaryl/α,β-unsaturated/α-hetero) is 1. The van der Waals surface area contributed by atoms with Crippen molar-refractivity contribution in [3.63, 3.8) is 0 Å². The van der Waals surface area contributed by atoms with E-state index >= 15 is 0 Å². The third-order valence-electron chi connectivity index (χ3n) is 4.01. The fourth-order valence-corrected chi connectivity index (χ4v) is 3.12. The van der Waals surface area contributed by atoms with Gasteiger partial charge in [0.2, 0.25) is 0 Å². The SMILES string of the molecule is CCN(CC(=O)c1ccc(Br)cc1)C1CCCCC1. The van der Waals surface area contributed by atoms with E-state index in [1.54, 1.807) is 0 Å². The molecular weight excluding hydrogens is 302 g/mol. The minimum atomic E-state index is 0.236. The zero-order valence-corrected chi connectivity index (χ0v) is 13.2. The molecule has 0 spiro atoms. The largest absolute Gasteiger partial charge is 0.293 e. The molecule has 0 saturated heterocycles. The van der Waals surface area contributed by atoms with Gasteiger partial charge in [0.1, 0.15) is 0 Å². The molecule has 1 aliphatic carbocycles. The van der Waals surface area contributed by atoms with E-state index in [0.29, 0.717) is 12.6 Å². The van der Waals surface area contributed by atoms with Crippen LogP contribution in [0, 0.1) is 0 Å². The second-order valence-corrected chi connectivity index (χ2v) is 6.20. The molecular formula is C16H22BrNO. The van der Waals surface area contributed by atoms with Crippen molar-refractivity contribution in [1.82, 2.24) is 4.90 Å². The summed E-state index contributed by atoms with van der Waals surface area (Å²) in [5, 5.41) is 0. The summed E-state index contributed by atoms with van der Waals surface area (Å²) in [4.78, 5) is 14.7. The van der Waals surface area contributed by atoms with Gasteiger partial charge in [0, 0.05) is 16.1 Å². The van der Waals surface area contributed by atoms with Gasteiger partial charge in [-0.1, -0.05) is 54.2 Å². The highest BCUT2D eigenvalue weighted by molar-refractivity contribution is 9.10. The van der Waals surface area contributed by atoms with E-state index in [-0.39, 0.29) is 5.78 Å². The van der Waals surface area contributed by atoms with Crippen molar-refractivity contribution < 1.29 is 4.79 Å². The van der Waals surface area contributed by atoms with E-state index in [1.807, 2.05) is 24.3 Å². The average molecular weight is 324 g/mol. The molecule has 19 heavy (non-hydrogen) atoms. The first kappa shape index (κ1) is 14.7. The average Bonchev–Trinajstić information content (AvgIpc) is 2.46. The van der Waals surface area contributed by atoms with E-state index in [2.05, 4.69) is 27.8 Å². The molecule has 0 heterocycles. The van der Waals surface area contributed by atoms with Gasteiger partial charge in [-0.25, -0.2) is 0 Å². The maximum Gasteiger partial charge on any atom is 0.176 e. The predicted molar refractivity (Wildman–Crippen MR) is 82.6 cm³/mol. The Morgan fingerprint density at radius 1 is 1.21 bits per heavy atom. The number of ketones is 1. The molecule has 0 radical (unpaired) electrons. The quantitative estimate of drug-likeness (QED) is 0.753. The van der Waals surface area contributed by atoms with Crippen LogP contribution in [0.15, 0.2) is 28.7 Å². The van der Waals surface area contributed by atoms with Crippen molar-refractivity contribution in [1.29, 1.82) is 0 Å². The summed E-state index contributed by atoms with van der Waals surface area (Å²) in [6, 6.07) is 8.29. The Kier molecular flexibility index (Phi) is 5.59. The van der Waals surface area contributed by atoms with Crippen LogP contribution < -0.4 is 0 Å². The van der Waals surface area contributed by atoms with E-state index in [0.717, 1.165) is 16.6 Å². The van der Waals surface area contributed by atoms with Crippen LogP contribution in [-0.2, 0) is 0 Å². The summed E-state index contributed by atoms with van der Waals surface area (Å²) >= 11 is 3.40. The number of hydrogen-bond donors (Lipinski definition) is 0. The lowest BCUT2D eigenvalue weighted by molar-refractivity contribution is 0.0868. The lowest BCUT2D eigenvalue weighted by atomic mass is 9.94. The second kappa shape index (κ2) is 7.20. The van der Waals surface area contributed by atoms with Gasteiger partial charge in [-0.05, 0) is 31.5 Å². The van der Waals surface area contributed by atoms with Crippen LogP contribution in [-0.4, -0.2) is 29.8 Å². The minimum absolute atomic E-state index is 0.236. The monoisotopic (exact) mass is 323 g/mol. The number of halogens is 1. The van der Waals surface area contributed by atoms with Gasteiger partial charge in [0.25, 0.3) is 0 Å². The highest BCUT2D eigenvalue weighted by Crippen LogP contribution is 2.22. The molecule has 2 nitrogen and oxygen atoms in total. The van der Waals surface area contributed by atoms with Crippen LogP contribution in [0.25, 0.3) is 0 Å². The van der Waals surface area contributed by atoms with Gasteiger partial charge < -0.3 is 0 Å². The summed E-state index contributed by atoms with van der Waals surface area (Å²) in [6.07, 6.45) is 6.49. The molecule has 2 rings (SSSR count). The van der Waals surface area contributed by atoms with Crippen molar-refractivity contribution in [2.24, 2.45) is 0 Å². The first-order valence-corrected chi connectivity index (χ1v) is 8.03. The molecule has 1 saturated carbocycles. The van der Waals surface area contributed by atoms with Gasteiger partial charge in [-0.2, -0.15) is 0 Å². The minimum Gasteiger partial charge on any atom is -0.293 e. The Bertz CT molecular complexity index is 409. The van der Waals surface area contributed by atoms with E-state index < -0.39 is 0 Å². The standard InChI is InChI=1S/C16H22BrNO/c1-2-18(15-6-4-3-5-7-15)12-16(19)13-8-10-14(17)11-9-13/h8-11,15H,2-7,12H2,1H3. The lowest BCUT2D eigenvalue weighted by Crippen LogP contribution is -2.40. The van der Waals surface area contributed by atoms with Crippen LogP contribution in [0.5, 0.6) is 0 Å². The topological polar surface area (TPSA) is 20.3 Å². The highest BCUT2D eigenvalue weighted by atomic mass is 79.9. The zero-order chi connectivity index (χ0) is 13.7. The van der Waals surface area contributed by atoms with Gasteiger partial charge >= 0.3 is 0 Å². The Morgan fingerprint density at radius 3 is 2.42 bits per heavy atom. The fourth-order valence-electron chi connectivity index (χ4n) is 2.86. The Hall–Kier alpha value is -0.670. The van der Waals surface area contributed by atoms with Crippen LogP contribution in [0.2, 0.25) is 0 Å². The fraction of sp³-hybridized carbons (Fsp3) is 0.562. The van der Waals surface area contributed by atoms with Crippen LogP contribution in [0.3, 0.4) is 0 Å². The summed E-state index contributed by atoms with van der Waals surface area (Å²) in [5.74, 6) is 0.236. The smallest absolute Gasteiger partial charge is 0.176 e. The van der Waals surface area contributed by atoms with Crippen molar-refractivity contribution in [2.45, 2.75) is 45.1 Å². The first-order chi connectivity index (χ1) is 9.20. The number of rotatable bonds is 5. The Labute approximate surface area is 124 Å². The first-order valence-electron chi connectivity index (χ1n) is 7.23. The molecule has 1 aromatic rings. The molecule has 1 aliphatic rings. The third-order valence-corrected chi connectivity index (χ3v) is 4.54. The molecule has 1 aromatic carbocycles. The Balaban J connectivity index is 1.97. The summed E-state index contributed by atoms with van der Waals surface area (Å²) < 4.78 is 1.02. The molecule has 0 aliphatic heterocycles. The third kappa shape index (κ3) is 4.15. The zero-order valence-electron chi connectivity index (χ0n) is 11.6. The number of hydrogen-bond acceptors (Lipinski definition) is 2. The second-order valence-electron chi connectivity index (χ2n) is 5.29. The van der Waals surface area contributed by atoms with E-state index in [4.69, 9.17) is 0 Å². The molecule has 0 aromatic heterocycles. The van der Waals surface area contributed by atoms with Gasteiger partial charge in [-0.3, -0.25) is 9.69 Å². The normalized spacial score (nSPS) is 16.8. The summed E-state index contributed by atoms with van der Waals surface area (Å²) in [7, 11) is 0. The van der Waals surface area contributed by atoms with Gasteiger partial charge in [-0.15, -0.1) is 0 Å². The number of benzene rings is 1. The van der Waals surface area contributed by atoms with Gasteiger partial charge in [0.05, 0.1) is 6.54 Å². The molecule has 0 bridgehead atoms. The lowest BCUT2D eigenvalue weighted by Gasteiger charge is -2.33. The molecule has 1 fully saturated rings. The van der Waals surface area contributed by atoms with Crippen LogP contribution in [0.4, 0.5) is 0 Å². The van der Waals surface area contributed by atoms with Crippen molar-refractivity contribution >= 4 is 21.7 Å². The van der Waals surface area contributed by atoms with E-state index in [1.165, 1.54) is 32.1 Å². The molecule has 0 atom stereocenters.